The Bertz CT molecular complexity index is 927. The summed E-state index contributed by atoms with van der Waals surface area (Å²) in [5, 5.41) is 6.32. The maximum Gasteiger partial charge on any atom is 0.338 e. The lowest BCUT2D eigenvalue weighted by molar-refractivity contribution is -0.118. The average Bonchev–Trinajstić information content (AvgIpc) is 2.73. The number of methoxy groups -OCH3 is 1. The number of anilines is 1. The van der Waals surface area contributed by atoms with Gasteiger partial charge in [0.1, 0.15) is 0 Å². The van der Waals surface area contributed by atoms with Crippen LogP contribution in [0.3, 0.4) is 0 Å². The molecule has 4 N–H and O–H groups in total. The number of esters is 1. The summed E-state index contributed by atoms with van der Waals surface area (Å²) in [6.45, 7) is 1.76. The standard InChI is InChI=1S/C20H22N4O6/c1-3-29-19(26)14-5-7-15(8-6-14)23-18(25)12-30-16-9-4-13(10-17(16)28-2)11-22-24-20(21)27/h4-11H,3,12H2,1-2H3,(H,23,25)(H3,21,24,27)/b22-11+. The molecule has 2 aromatic carbocycles. The summed E-state index contributed by atoms with van der Waals surface area (Å²) in [6, 6.07) is 10.4. The molecule has 0 atom stereocenters. The molecule has 158 valence electrons. The number of benzene rings is 2. The van der Waals surface area contributed by atoms with E-state index in [4.69, 9.17) is 19.9 Å². The minimum atomic E-state index is -0.778. The lowest BCUT2D eigenvalue weighted by Crippen LogP contribution is -2.24. The van der Waals surface area contributed by atoms with Gasteiger partial charge < -0.3 is 25.3 Å². The van der Waals surface area contributed by atoms with Crippen LogP contribution in [0.5, 0.6) is 11.5 Å². The molecule has 0 radical (unpaired) electrons. The van der Waals surface area contributed by atoms with E-state index in [2.05, 4.69) is 15.8 Å². The normalized spacial score (nSPS) is 10.3. The summed E-state index contributed by atoms with van der Waals surface area (Å²) in [5.74, 6) is -0.0862. The molecule has 30 heavy (non-hydrogen) atoms. The highest BCUT2D eigenvalue weighted by Crippen LogP contribution is 2.27. The molecule has 0 aliphatic carbocycles. The van der Waals surface area contributed by atoms with E-state index in [9.17, 15) is 14.4 Å². The predicted molar refractivity (Wildman–Crippen MR) is 110 cm³/mol. The second kappa shape index (κ2) is 11.1. The SMILES string of the molecule is CCOC(=O)c1ccc(NC(=O)COc2ccc(/C=N/NC(N)=O)cc2OC)cc1. The molecular formula is C20H22N4O6. The summed E-state index contributed by atoms with van der Waals surface area (Å²) < 4.78 is 15.7. The molecule has 10 heteroatoms. The maximum atomic E-state index is 12.1. The van der Waals surface area contributed by atoms with E-state index >= 15 is 0 Å². The molecule has 0 fully saturated rings. The number of nitrogens with zero attached hydrogens (tertiary/aromatic N) is 1. The Morgan fingerprint density at radius 3 is 2.47 bits per heavy atom. The lowest BCUT2D eigenvalue weighted by atomic mass is 10.2. The van der Waals surface area contributed by atoms with E-state index in [0.29, 0.717) is 28.3 Å². The van der Waals surface area contributed by atoms with Gasteiger partial charge in [-0.3, -0.25) is 4.79 Å². The zero-order chi connectivity index (χ0) is 21.9. The van der Waals surface area contributed by atoms with E-state index in [1.807, 2.05) is 0 Å². The molecule has 0 saturated carbocycles. The van der Waals surface area contributed by atoms with Crippen molar-refractivity contribution in [2.24, 2.45) is 10.8 Å². The molecule has 0 unspecified atom stereocenters. The predicted octanol–water partition coefficient (Wildman–Crippen LogP) is 1.89. The number of ether oxygens (including phenoxy) is 3. The zero-order valence-electron chi connectivity index (χ0n) is 16.5. The molecule has 10 nitrogen and oxygen atoms in total. The second-order valence-electron chi connectivity index (χ2n) is 5.78. The fraction of sp³-hybridized carbons (Fsp3) is 0.200. The van der Waals surface area contributed by atoms with Crippen molar-refractivity contribution in [3.8, 4) is 11.5 Å². The third kappa shape index (κ3) is 6.82. The van der Waals surface area contributed by atoms with Crippen molar-refractivity contribution in [1.82, 2.24) is 5.43 Å². The number of carbonyl (C=O) groups is 3. The fourth-order valence-corrected chi connectivity index (χ4v) is 2.30. The van der Waals surface area contributed by atoms with Gasteiger partial charge in [-0.25, -0.2) is 15.0 Å². The Morgan fingerprint density at radius 2 is 1.83 bits per heavy atom. The minimum absolute atomic E-state index is 0.257. The Morgan fingerprint density at radius 1 is 1.10 bits per heavy atom. The number of carbonyl (C=O) groups excluding carboxylic acids is 3. The van der Waals surface area contributed by atoms with Crippen molar-refractivity contribution < 1.29 is 28.6 Å². The molecule has 0 aliphatic rings. The van der Waals surface area contributed by atoms with Crippen LogP contribution in [0.25, 0.3) is 0 Å². The van der Waals surface area contributed by atoms with Gasteiger partial charge in [0.2, 0.25) is 0 Å². The van der Waals surface area contributed by atoms with E-state index in [1.165, 1.54) is 13.3 Å². The Kier molecular flexibility index (Phi) is 8.18. The van der Waals surface area contributed by atoms with Crippen LogP contribution >= 0.6 is 0 Å². The van der Waals surface area contributed by atoms with Gasteiger partial charge in [-0.15, -0.1) is 0 Å². The van der Waals surface area contributed by atoms with Gasteiger partial charge in [-0.05, 0) is 55.0 Å². The molecule has 2 rings (SSSR count). The van der Waals surface area contributed by atoms with Gasteiger partial charge in [0.05, 0.1) is 25.5 Å². The van der Waals surface area contributed by atoms with Crippen LogP contribution in [0.15, 0.2) is 47.6 Å². The van der Waals surface area contributed by atoms with Crippen molar-refractivity contribution in [1.29, 1.82) is 0 Å². The number of hydrogen-bond acceptors (Lipinski definition) is 7. The van der Waals surface area contributed by atoms with Crippen molar-refractivity contribution in [2.45, 2.75) is 6.92 Å². The summed E-state index contributed by atoms with van der Waals surface area (Å²) in [4.78, 5) is 34.4. The van der Waals surface area contributed by atoms with Crippen LogP contribution in [-0.2, 0) is 9.53 Å². The first-order chi connectivity index (χ1) is 14.4. The third-order valence-electron chi connectivity index (χ3n) is 3.61. The quantitative estimate of drug-likeness (QED) is 0.325. The summed E-state index contributed by atoms with van der Waals surface area (Å²) in [6.07, 6.45) is 1.38. The molecule has 0 spiro atoms. The number of nitrogens with two attached hydrogens (primary N) is 1. The number of primary amides is 1. The highest BCUT2D eigenvalue weighted by Gasteiger charge is 2.10. The van der Waals surface area contributed by atoms with Gasteiger partial charge in [-0.1, -0.05) is 0 Å². The highest BCUT2D eigenvalue weighted by molar-refractivity contribution is 5.93. The second-order valence-corrected chi connectivity index (χ2v) is 5.78. The highest BCUT2D eigenvalue weighted by atomic mass is 16.5. The van der Waals surface area contributed by atoms with Gasteiger partial charge in [0.25, 0.3) is 5.91 Å². The van der Waals surface area contributed by atoms with Crippen LogP contribution in [0.4, 0.5) is 10.5 Å². The molecule has 0 aliphatic heterocycles. The summed E-state index contributed by atoms with van der Waals surface area (Å²) in [5.41, 5.74) is 8.54. The number of hydrazone groups is 1. The smallest absolute Gasteiger partial charge is 0.338 e. The first-order valence-corrected chi connectivity index (χ1v) is 8.89. The monoisotopic (exact) mass is 414 g/mol. The number of hydrogen-bond donors (Lipinski definition) is 3. The summed E-state index contributed by atoms with van der Waals surface area (Å²) >= 11 is 0. The molecule has 0 saturated heterocycles. The van der Waals surface area contributed by atoms with E-state index < -0.39 is 17.9 Å². The molecule has 0 heterocycles. The first-order valence-electron chi connectivity index (χ1n) is 8.89. The third-order valence-corrected chi connectivity index (χ3v) is 3.61. The first kappa shape index (κ1) is 22.2. The number of amides is 3. The average molecular weight is 414 g/mol. The van der Waals surface area contributed by atoms with Crippen molar-refractivity contribution in [3.05, 3.63) is 53.6 Å². The number of urea groups is 1. The molecule has 0 aromatic heterocycles. The minimum Gasteiger partial charge on any atom is -0.493 e. The van der Waals surface area contributed by atoms with E-state index in [1.54, 1.807) is 49.4 Å². The fourth-order valence-electron chi connectivity index (χ4n) is 2.30. The maximum absolute atomic E-state index is 12.1. The van der Waals surface area contributed by atoms with E-state index in [-0.39, 0.29) is 13.2 Å². The van der Waals surface area contributed by atoms with Crippen LogP contribution in [0.2, 0.25) is 0 Å². The zero-order valence-corrected chi connectivity index (χ0v) is 16.5. The Labute approximate surface area is 173 Å². The Balaban J connectivity index is 1.93. The van der Waals surface area contributed by atoms with Gasteiger partial charge >= 0.3 is 12.0 Å². The molecule has 0 bridgehead atoms. The molecule has 3 amide bonds. The van der Waals surface area contributed by atoms with Crippen LogP contribution in [0.1, 0.15) is 22.8 Å². The van der Waals surface area contributed by atoms with Crippen LogP contribution in [0, 0.1) is 0 Å². The summed E-state index contributed by atoms with van der Waals surface area (Å²) in [7, 11) is 1.45. The topological polar surface area (TPSA) is 141 Å². The number of rotatable bonds is 9. The van der Waals surface area contributed by atoms with Crippen molar-refractivity contribution >= 4 is 29.8 Å². The van der Waals surface area contributed by atoms with Gasteiger partial charge in [-0.2, -0.15) is 5.10 Å². The largest absolute Gasteiger partial charge is 0.493 e. The van der Waals surface area contributed by atoms with Gasteiger partial charge in [0, 0.05) is 5.69 Å². The molecule has 2 aromatic rings. The molecular weight excluding hydrogens is 392 g/mol. The van der Waals surface area contributed by atoms with Gasteiger partial charge in [0.15, 0.2) is 18.1 Å². The van der Waals surface area contributed by atoms with E-state index in [0.717, 1.165) is 0 Å². The van der Waals surface area contributed by atoms with Crippen molar-refractivity contribution in [2.75, 3.05) is 25.6 Å². The van der Waals surface area contributed by atoms with Crippen molar-refractivity contribution in [3.63, 3.8) is 0 Å². The number of nitrogens with one attached hydrogen (secondary N) is 2. The van der Waals surface area contributed by atoms with Crippen LogP contribution < -0.4 is 25.9 Å². The van der Waals surface area contributed by atoms with Crippen LogP contribution in [-0.4, -0.2) is 44.4 Å². The lowest BCUT2D eigenvalue weighted by Gasteiger charge is -2.11. The Hall–Kier alpha value is -4.08.